The van der Waals surface area contributed by atoms with Crippen LogP contribution < -0.4 is 19.9 Å². The minimum Gasteiger partial charge on any atom is -0.497 e. The van der Waals surface area contributed by atoms with Crippen LogP contribution in [0.3, 0.4) is 0 Å². The van der Waals surface area contributed by atoms with E-state index >= 15 is 0 Å². The van der Waals surface area contributed by atoms with Crippen molar-refractivity contribution in [2.24, 2.45) is 0 Å². The number of nitrogens with zero attached hydrogens (tertiary/aromatic N) is 4. The molecule has 6 nitrogen and oxygen atoms in total. The van der Waals surface area contributed by atoms with Crippen LogP contribution in [0.15, 0.2) is 48.5 Å². The molecule has 4 rings (SSSR count). The number of aryl methyl sites for hydroxylation is 1. The van der Waals surface area contributed by atoms with Gasteiger partial charge in [-0.15, -0.1) is 0 Å². The van der Waals surface area contributed by atoms with Gasteiger partial charge in [0, 0.05) is 37.1 Å². The summed E-state index contributed by atoms with van der Waals surface area (Å²) in [5.74, 6) is 2.21. The van der Waals surface area contributed by atoms with Crippen LogP contribution in [-0.2, 0) is 5.41 Å². The van der Waals surface area contributed by atoms with Crippen LogP contribution >= 0.6 is 11.6 Å². The summed E-state index contributed by atoms with van der Waals surface area (Å²) < 4.78 is 5.32. The van der Waals surface area contributed by atoms with Crippen molar-refractivity contribution in [1.29, 1.82) is 0 Å². The predicted octanol–water partition coefficient (Wildman–Crippen LogP) is 6.59. The van der Waals surface area contributed by atoms with Crippen molar-refractivity contribution in [1.82, 2.24) is 9.97 Å². The minimum absolute atomic E-state index is 0.0632. The zero-order valence-electron chi connectivity index (χ0n) is 21.8. The summed E-state index contributed by atoms with van der Waals surface area (Å²) in [6.07, 6.45) is 0. The fourth-order valence-electron chi connectivity index (χ4n) is 4.54. The highest BCUT2D eigenvalue weighted by atomic mass is 35.5. The van der Waals surface area contributed by atoms with Crippen LogP contribution in [0.25, 0.3) is 0 Å². The monoisotopic (exact) mass is 493 g/mol. The van der Waals surface area contributed by atoms with Gasteiger partial charge in [-0.1, -0.05) is 44.5 Å². The first kappa shape index (κ1) is 25.1. The Morgan fingerprint density at radius 2 is 1.71 bits per heavy atom. The molecule has 2 heterocycles. The molecule has 1 aliphatic heterocycles. The lowest BCUT2D eigenvalue weighted by Gasteiger charge is -2.48. The smallest absolute Gasteiger partial charge is 0.228 e. The molecule has 186 valence electrons. The average Bonchev–Trinajstić information content (AvgIpc) is 2.79. The lowest BCUT2D eigenvalue weighted by Crippen LogP contribution is -2.60. The van der Waals surface area contributed by atoms with Crippen LogP contribution in [-0.4, -0.2) is 42.3 Å². The second-order valence-corrected chi connectivity index (χ2v) is 11.3. The molecule has 1 saturated heterocycles. The Hall–Kier alpha value is -2.99. The Morgan fingerprint density at radius 1 is 1.00 bits per heavy atom. The summed E-state index contributed by atoms with van der Waals surface area (Å²) in [6, 6.07) is 16.6. The van der Waals surface area contributed by atoms with Gasteiger partial charge in [-0.3, -0.25) is 0 Å². The molecule has 2 aromatic carbocycles. The van der Waals surface area contributed by atoms with Gasteiger partial charge in [-0.2, -0.15) is 4.98 Å². The van der Waals surface area contributed by atoms with Crippen LogP contribution in [0, 0.1) is 6.92 Å². The molecule has 1 fully saturated rings. The summed E-state index contributed by atoms with van der Waals surface area (Å²) >= 11 is 6.46. The summed E-state index contributed by atoms with van der Waals surface area (Å²) in [4.78, 5) is 14.1. The largest absolute Gasteiger partial charge is 0.497 e. The standard InChI is InChI=1S/C28H36ClN5O/c1-19-8-9-20(27(2,3)4)16-23(19)30-25-17-24(29)31-26(32-25)33-14-15-34(28(5,6)18-33)21-10-12-22(35-7)13-11-21/h8-13,16-17H,14-15,18H2,1-7H3,(H,30,31,32). The summed E-state index contributed by atoms with van der Waals surface area (Å²) in [5.41, 5.74) is 4.57. The number of benzene rings is 2. The molecule has 0 radical (unpaired) electrons. The molecule has 1 aliphatic rings. The number of hydrogen-bond acceptors (Lipinski definition) is 6. The molecule has 0 saturated carbocycles. The van der Waals surface area contributed by atoms with Crippen molar-refractivity contribution in [3.05, 3.63) is 64.8 Å². The molecule has 1 N–H and O–H groups in total. The number of anilines is 4. The van der Waals surface area contributed by atoms with E-state index in [-0.39, 0.29) is 11.0 Å². The summed E-state index contributed by atoms with van der Waals surface area (Å²) in [5, 5.41) is 3.91. The highest BCUT2D eigenvalue weighted by Gasteiger charge is 2.35. The van der Waals surface area contributed by atoms with Crippen molar-refractivity contribution in [3.63, 3.8) is 0 Å². The minimum atomic E-state index is -0.121. The van der Waals surface area contributed by atoms with E-state index in [0.717, 1.165) is 36.6 Å². The molecule has 7 heteroatoms. The number of methoxy groups -OCH3 is 1. The SMILES string of the molecule is COc1ccc(N2CCN(c3nc(Cl)cc(Nc4cc(C(C)(C)C)ccc4C)n3)CC2(C)C)cc1. The van der Waals surface area contributed by atoms with Crippen LogP contribution in [0.1, 0.15) is 45.7 Å². The summed E-state index contributed by atoms with van der Waals surface area (Å²) in [6.45, 7) is 15.7. The molecule has 0 aliphatic carbocycles. The maximum absolute atomic E-state index is 6.46. The predicted molar refractivity (Wildman–Crippen MR) is 147 cm³/mol. The molecule has 0 atom stereocenters. The van der Waals surface area contributed by atoms with Gasteiger partial charge in [0.05, 0.1) is 12.6 Å². The van der Waals surface area contributed by atoms with E-state index in [0.29, 0.717) is 16.9 Å². The Labute approximate surface area is 214 Å². The zero-order chi connectivity index (χ0) is 25.4. The number of halogens is 1. The highest BCUT2D eigenvalue weighted by molar-refractivity contribution is 6.29. The second kappa shape index (κ2) is 9.57. The Bertz CT molecular complexity index is 1190. The third-order valence-electron chi connectivity index (χ3n) is 6.62. The lowest BCUT2D eigenvalue weighted by atomic mass is 9.86. The van der Waals surface area contributed by atoms with Crippen molar-refractivity contribution in [2.45, 2.75) is 52.5 Å². The van der Waals surface area contributed by atoms with Gasteiger partial charge < -0.3 is 19.9 Å². The molecule has 3 aromatic rings. The number of hydrogen-bond donors (Lipinski definition) is 1. The number of nitrogens with one attached hydrogen (secondary N) is 1. The Kier molecular flexibility index (Phi) is 6.87. The van der Waals surface area contributed by atoms with Crippen LogP contribution in [0.4, 0.5) is 23.1 Å². The molecule has 0 bridgehead atoms. The molecule has 0 spiro atoms. The van der Waals surface area contributed by atoms with Gasteiger partial charge in [-0.25, -0.2) is 4.98 Å². The molecule has 35 heavy (non-hydrogen) atoms. The van der Waals surface area contributed by atoms with Crippen LogP contribution in [0.5, 0.6) is 5.75 Å². The maximum Gasteiger partial charge on any atom is 0.228 e. The number of rotatable bonds is 5. The van der Waals surface area contributed by atoms with Crippen molar-refractivity contribution in [3.8, 4) is 5.75 Å². The molecular weight excluding hydrogens is 458 g/mol. The Balaban J connectivity index is 1.55. The normalized spacial score (nSPS) is 15.8. The van der Waals surface area contributed by atoms with Gasteiger partial charge in [-0.05, 0) is 67.6 Å². The number of ether oxygens (including phenoxy) is 1. The van der Waals surface area contributed by atoms with Crippen molar-refractivity contribution < 1.29 is 4.74 Å². The molecule has 0 amide bonds. The van der Waals surface area contributed by atoms with Gasteiger partial charge in [0.2, 0.25) is 5.95 Å². The van der Waals surface area contributed by atoms with Gasteiger partial charge in [0.1, 0.15) is 16.7 Å². The first-order valence-electron chi connectivity index (χ1n) is 12.1. The topological polar surface area (TPSA) is 53.5 Å². The number of aromatic nitrogens is 2. The molecule has 1 aromatic heterocycles. The molecular formula is C28H36ClN5O. The van der Waals surface area contributed by atoms with E-state index in [1.807, 2.05) is 12.1 Å². The zero-order valence-corrected chi connectivity index (χ0v) is 22.6. The maximum atomic E-state index is 6.46. The van der Waals surface area contributed by atoms with Gasteiger partial charge in [0.25, 0.3) is 0 Å². The van der Waals surface area contributed by atoms with E-state index in [2.05, 4.69) is 92.0 Å². The fourth-order valence-corrected chi connectivity index (χ4v) is 4.72. The van der Waals surface area contributed by atoms with Crippen molar-refractivity contribution in [2.75, 3.05) is 41.9 Å². The van der Waals surface area contributed by atoms with E-state index < -0.39 is 0 Å². The van der Waals surface area contributed by atoms with E-state index in [1.165, 1.54) is 11.3 Å². The van der Waals surface area contributed by atoms with Gasteiger partial charge >= 0.3 is 0 Å². The van der Waals surface area contributed by atoms with E-state index in [9.17, 15) is 0 Å². The second-order valence-electron chi connectivity index (χ2n) is 10.9. The van der Waals surface area contributed by atoms with Gasteiger partial charge in [0.15, 0.2) is 0 Å². The number of piperazine rings is 1. The third kappa shape index (κ3) is 5.64. The summed E-state index contributed by atoms with van der Waals surface area (Å²) in [7, 11) is 1.69. The fraction of sp³-hybridized carbons (Fsp3) is 0.429. The lowest BCUT2D eigenvalue weighted by molar-refractivity contribution is 0.408. The van der Waals surface area contributed by atoms with E-state index in [1.54, 1.807) is 13.2 Å². The molecule has 0 unspecified atom stereocenters. The third-order valence-corrected chi connectivity index (χ3v) is 6.81. The first-order chi connectivity index (χ1) is 16.5. The van der Waals surface area contributed by atoms with Crippen LogP contribution in [0.2, 0.25) is 5.15 Å². The highest BCUT2D eigenvalue weighted by Crippen LogP contribution is 2.32. The first-order valence-corrected chi connectivity index (χ1v) is 12.4. The quantitative estimate of drug-likeness (QED) is 0.404. The van der Waals surface area contributed by atoms with E-state index in [4.69, 9.17) is 21.3 Å². The van der Waals surface area contributed by atoms with Crippen molar-refractivity contribution >= 4 is 34.7 Å². The Morgan fingerprint density at radius 3 is 2.34 bits per heavy atom. The average molecular weight is 494 g/mol.